The molecule has 2 heterocycles. The Morgan fingerprint density at radius 3 is 2.24 bits per heavy atom. The molecule has 4 aromatic rings. The second-order valence-electron chi connectivity index (χ2n) is 10.3. The number of hydrogen-bond donors (Lipinski definition) is 1. The predicted molar refractivity (Wildman–Crippen MR) is 149 cm³/mol. The molecule has 1 aliphatic rings. The van der Waals surface area contributed by atoms with E-state index >= 15 is 0 Å². The van der Waals surface area contributed by atoms with Crippen LogP contribution in [0.2, 0.25) is 0 Å². The Bertz CT molecular complexity index is 1710. The van der Waals surface area contributed by atoms with Crippen LogP contribution >= 0.6 is 11.3 Å². The van der Waals surface area contributed by atoms with Gasteiger partial charge in [0.25, 0.3) is 5.78 Å². The highest BCUT2D eigenvalue weighted by atomic mass is 32.2. The van der Waals surface area contributed by atoms with E-state index in [1.165, 1.54) is 17.0 Å². The fraction of sp³-hybridized carbons (Fsp3) is 0.207. The van der Waals surface area contributed by atoms with Gasteiger partial charge in [0.15, 0.2) is 15.0 Å². The lowest BCUT2D eigenvalue weighted by atomic mass is 9.85. The van der Waals surface area contributed by atoms with E-state index in [9.17, 15) is 23.1 Å². The summed E-state index contributed by atoms with van der Waals surface area (Å²) in [6.45, 7) is 6.28. The highest BCUT2D eigenvalue weighted by molar-refractivity contribution is 7.90. The molecule has 38 heavy (non-hydrogen) atoms. The number of thiazole rings is 1. The molecule has 1 aromatic heterocycles. The Hall–Kier alpha value is -3.82. The van der Waals surface area contributed by atoms with E-state index in [0.29, 0.717) is 21.3 Å². The summed E-state index contributed by atoms with van der Waals surface area (Å²) in [4.78, 5) is 32.9. The summed E-state index contributed by atoms with van der Waals surface area (Å²) in [6, 6.07) is 19.9. The van der Waals surface area contributed by atoms with Crippen LogP contribution in [0.3, 0.4) is 0 Å². The number of aromatic nitrogens is 1. The Labute approximate surface area is 225 Å². The van der Waals surface area contributed by atoms with Crippen molar-refractivity contribution in [1.29, 1.82) is 0 Å². The summed E-state index contributed by atoms with van der Waals surface area (Å²) in [5.41, 5.74) is 2.52. The number of carbonyl (C=O) groups excluding carboxylic acids is 2. The quantitative estimate of drug-likeness (QED) is 0.202. The molecule has 1 fully saturated rings. The van der Waals surface area contributed by atoms with Crippen molar-refractivity contribution in [1.82, 2.24) is 4.98 Å². The number of aliphatic hydroxyl groups excluding tert-OH is 1. The fourth-order valence-electron chi connectivity index (χ4n) is 4.49. The van der Waals surface area contributed by atoms with Crippen molar-refractivity contribution < 1.29 is 23.1 Å². The molecule has 9 heteroatoms. The van der Waals surface area contributed by atoms with E-state index in [-0.39, 0.29) is 26.8 Å². The molecule has 0 bridgehead atoms. The Morgan fingerprint density at radius 1 is 0.974 bits per heavy atom. The summed E-state index contributed by atoms with van der Waals surface area (Å²) >= 11 is 1.12. The highest BCUT2D eigenvalue weighted by Crippen LogP contribution is 2.44. The van der Waals surface area contributed by atoms with Crippen LogP contribution in [0.1, 0.15) is 43.5 Å². The van der Waals surface area contributed by atoms with Crippen LogP contribution in [0.4, 0.5) is 5.13 Å². The van der Waals surface area contributed by atoms with Gasteiger partial charge in [-0.05, 0) is 34.7 Å². The first-order valence-electron chi connectivity index (χ1n) is 11.9. The van der Waals surface area contributed by atoms with Crippen molar-refractivity contribution in [2.24, 2.45) is 0 Å². The van der Waals surface area contributed by atoms with E-state index in [1.54, 1.807) is 36.4 Å². The third-order valence-electron chi connectivity index (χ3n) is 6.57. The summed E-state index contributed by atoms with van der Waals surface area (Å²) in [7, 11) is -3.44. The first kappa shape index (κ1) is 25.8. The van der Waals surface area contributed by atoms with Crippen LogP contribution in [0.15, 0.2) is 83.3 Å². The molecule has 1 saturated heterocycles. The van der Waals surface area contributed by atoms with Gasteiger partial charge in [0.05, 0.1) is 26.7 Å². The van der Waals surface area contributed by atoms with E-state index < -0.39 is 27.6 Å². The van der Waals surface area contributed by atoms with Gasteiger partial charge < -0.3 is 5.11 Å². The standard InChI is InChI=1S/C29H26N2O5S2/c1-29(2,3)19-12-10-17(11-13-19)24-23(25(32)18-8-6-5-7-9-18)26(33)27(34)31(24)28-30-21-15-14-20(38(4,35)36)16-22(21)37-28/h5-16,24,32H,1-4H3. The average Bonchev–Trinajstić information content (AvgIpc) is 3.41. The number of amides is 1. The molecule has 0 radical (unpaired) electrons. The lowest BCUT2D eigenvalue weighted by molar-refractivity contribution is -0.132. The smallest absolute Gasteiger partial charge is 0.301 e. The van der Waals surface area contributed by atoms with Gasteiger partial charge in [-0.15, -0.1) is 0 Å². The first-order chi connectivity index (χ1) is 17.9. The number of ketones is 1. The summed E-state index contributed by atoms with van der Waals surface area (Å²) in [5, 5.41) is 11.5. The minimum Gasteiger partial charge on any atom is -0.507 e. The largest absolute Gasteiger partial charge is 0.507 e. The minimum atomic E-state index is -3.44. The van der Waals surface area contributed by atoms with Gasteiger partial charge in [0, 0.05) is 11.8 Å². The van der Waals surface area contributed by atoms with Crippen molar-refractivity contribution in [2.45, 2.75) is 37.1 Å². The van der Waals surface area contributed by atoms with Gasteiger partial charge in [-0.25, -0.2) is 13.4 Å². The average molecular weight is 547 g/mol. The molecule has 1 amide bonds. The second-order valence-corrected chi connectivity index (χ2v) is 13.3. The molecule has 0 aliphatic carbocycles. The molecule has 3 aromatic carbocycles. The zero-order chi connectivity index (χ0) is 27.4. The molecule has 1 unspecified atom stereocenters. The van der Waals surface area contributed by atoms with Gasteiger partial charge in [-0.1, -0.05) is 86.7 Å². The third-order valence-corrected chi connectivity index (χ3v) is 8.69. The van der Waals surface area contributed by atoms with Gasteiger partial charge in [0.1, 0.15) is 5.76 Å². The van der Waals surface area contributed by atoms with Crippen LogP contribution in [-0.2, 0) is 24.8 Å². The first-order valence-corrected chi connectivity index (χ1v) is 14.6. The number of rotatable bonds is 4. The maximum absolute atomic E-state index is 13.5. The van der Waals surface area contributed by atoms with Crippen LogP contribution in [0, 0.1) is 0 Å². The van der Waals surface area contributed by atoms with Crippen molar-refractivity contribution in [2.75, 3.05) is 11.2 Å². The predicted octanol–water partition coefficient (Wildman–Crippen LogP) is 5.62. The van der Waals surface area contributed by atoms with Gasteiger partial charge in [-0.2, -0.15) is 0 Å². The van der Waals surface area contributed by atoms with Gasteiger partial charge >= 0.3 is 5.91 Å². The van der Waals surface area contributed by atoms with Crippen molar-refractivity contribution in [3.8, 4) is 0 Å². The number of carbonyl (C=O) groups is 2. The Morgan fingerprint density at radius 2 is 1.63 bits per heavy atom. The molecule has 1 N–H and O–H groups in total. The number of benzene rings is 3. The van der Waals surface area contributed by atoms with Crippen LogP contribution in [-0.4, -0.2) is 36.5 Å². The number of hydrogen-bond acceptors (Lipinski definition) is 7. The maximum Gasteiger partial charge on any atom is 0.301 e. The molecular formula is C29H26N2O5S2. The van der Waals surface area contributed by atoms with Crippen LogP contribution < -0.4 is 4.90 Å². The topological polar surface area (TPSA) is 105 Å². The van der Waals surface area contributed by atoms with Crippen molar-refractivity contribution in [3.05, 3.63) is 95.1 Å². The summed E-state index contributed by atoms with van der Waals surface area (Å²) < 4.78 is 24.7. The SMILES string of the molecule is CC(C)(C)c1ccc(C2C(=C(O)c3ccccc3)C(=O)C(=O)N2c2nc3ccc(S(C)(=O)=O)cc3s2)cc1. The normalized spacial score (nSPS) is 17.9. The molecule has 0 saturated carbocycles. The lowest BCUT2D eigenvalue weighted by Crippen LogP contribution is -2.29. The number of nitrogens with zero attached hydrogens (tertiary/aromatic N) is 2. The number of fused-ring (bicyclic) bond motifs is 1. The minimum absolute atomic E-state index is 0.0270. The number of Topliss-reactive ketones (excluding diaryl/α,β-unsaturated/α-hetero) is 1. The second kappa shape index (κ2) is 9.18. The van der Waals surface area contributed by atoms with E-state index in [2.05, 4.69) is 25.8 Å². The molecule has 1 atom stereocenters. The fourth-order valence-corrected chi connectivity index (χ4v) is 6.24. The van der Waals surface area contributed by atoms with Gasteiger partial charge in [0.2, 0.25) is 0 Å². The highest BCUT2D eigenvalue weighted by Gasteiger charge is 2.48. The molecule has 0 spiro atoms. The Balaban J connectivity index is 1.71. The van der Waals surface area contributed by atoms with E-state index in [1.807, 2.05) is 24.3 Å². The van der Waals surface area contributed by atoms with Crippen molar-refractivity contribution in [3.63, 3.8) is 0 Å². The van der Waals surface area contributed by atoms with E-state index in [0.717, 1.165) is 23.2 Å². The van der Waals surface area contributed by atoms with Gasteiger partial charge in [-0.3, -0.25) is 14.5 Å². The summed E-state index contributed by atoms with van der Waals surface area (Å²) in [5.74, 6) is -1.89. The molecule has 5 rings (SSSR count). The molecule has 7 nitrogen and oxygen atoms in total. The third kappa shape index (κ3) is 4.52. The van der Waals surface area contributed by atoms with Crippen molar-refractivity contribution >= 4 is 54.0 Å². The maximum atomic E-state index is 13.5. The molecule has 1 aliphatic heterocycles. The van der Waals surface area contributed by atoms with Crippen LogP contribution in [0.25, 0.3) is 16.0 Å². The summed E-state index contributed by atoms with van der Waals surface area (Å²) in [6.07, 6.45) is 1.12. The number of aliphatic hydroxyl groups is 1. The van der Waals surface area contributed by atoms with E-state index in [4.69, 9.17) is 0 Å². The molecular weight excluding hydrogens is 520 g/mol. The zero-order valence-electron chi connectivity index (χ0n) is 21.3. The number of sulfone groups is 1. The molecule has 194 valence electrons. The zero-order valence-corrected chi connectivity index (χ0v) is 22.9. The Kier molecular flexibility index (Phi) is 6.24. The number of anilines is 1. The van der Waals surface area contributed by atoms with Crippen LogP contribution in [0.5, 0.6) is 0 Å². The monoisotopic (exact) mass is 546 g/mol. The lowest BCUT2D eigenvalue weighted by Gasteiger charge is -2.24.